The van der Waals surface area contributed by atoms with Crippen LogP contribution in [0.4, 0.5) is 0 Å². The standard InChI is InChI=1S/C18H20ClN5O2/c19-12-5-1-2-7-14(12)24-16(11-8-9-11)22-15(23-24)18(26)21-13-6-3-4-10-20-17(13)25/h1-2,5,7,11,13H,3-4,6,8-10H2,(H,20,25)(H,21,26). The molecule has 1 atom stereocenters. The van der Waals surface area contributed by atoms with Gasteiger partial charge in [0.25, 0.3) is 5.91 Å². The molecule has 136 valence electrons. The first kappa shape index (κ1) is 17.0. The molecule has 2 heterocycles. The number of nitrogens with zero attached hydrogens (tertiary/aromatic N) is 3. The molecule has 1 aliphatic carbocycles. The molecule has 2 amide bonds. The minimum absolute atomic E-state index is 0.0730. The topological polar surface area (TPSA) is 88.9 Å². The van der Waals surface area contributed by atoms with E-state index in [9.17, 15) is 9.59 Å². The molecule has 2 N–H and O–H groups in total. The molecule has 1 saturated heterocycles. The van der Waals surface area contributed by atoms with Crippen LogP contribution >= 0.6 is 11.6 Å². The number of hydrogen-bond acceptors (Lipinski definition) is 4. The molecule has 26 heavy (non-hydrogen) atoms. The molecule has 1 aromatic heterocycles. The summed E-state index contributed by atoms with van der Waals surface area (Å²) in [5.41, 5.74) is 0.704. The van der Waals surface area contributed by atoms with Crippen molar-refractivity contribution in [3.63, 3.8) is 0 Å². The highest BCUT2D eigenvalue weighted by Crippen LogP contribution is 2.40. The van der Waals surface area contributed by atoms with Gasteiger partial charge in [0.05, 0.1) is 10.7 Å². The van der Waals surface area contributed by atoms with E-state index in [0.717, 1.165) is 31.5 Å². The summed E-state index contributed by atoms with van der Waals surface area (Å²) in [6, 6.07) is 6.81. The maximum absolute atomic E-state index is 12.6. The van der Waals surface area contributed by atoms with Crippen LogP contribution in [0, 0.1) is 0 Å². The van der Waals surface area contributed by atoms with Crippen molar-refractivity contribution in [3.8, 4) is 5.69 Å². The van der Waals surface area contributed by atoms with Crippen molar-refractivity contribution in [3.05, 3.63) is 40.9 Å². The summed E-state index contributed by atoms with van der Waals surface area (Å²) in [5.74, 6) is 0.530. The number of aromatic nitrogens is 3. The zero-order chi connectivity index (χ0) is 18.1. The lowest BCUT2D eigenvalue weighted by Crippen LogP contribution is -2.45. The van der Waals surface area contributed by atoms with Crippen molar-refractivity contribution < 1.29 is 9.59 Å². The quantitative estimate of drug-likeness (QED) is 0.859. The molecular formula is C18H20ClN5O2. The Kier molecular flexibility index (Phi) is 4.63. The molecule has 0 spiro atoms. The van der Waals surface area contributed by atoms with Crippen LogP contribution in [-0.4, -0.2) is 39.2 Å². The number of hydrogen-bond donors (Lipinski definition) is 2. The van der Waals surface area contributed by atoms with E-state index in [-0.39, 0.29) is 11.7 Å². The molecule has 1 aliphatic heterocycles. The fraction of sp³-hybridized carbons (Fsp3) is 0.444. The predicted molar refractivity (Wildman–Crippen MR) is 96.5 cm³/mol. The van der Waals surface area contributed by atoms with Gasteiger partial charge >= 0.3 is 0 Å². The van der Waals surface area contributed by atoms with Crippen LogP contribution in [0.3, 0.4) is 0 Å². The Labute approximate surface area is 156 Å². The Morgan fingerprint density at radius 2 is 2.04 bits per heavy atom. The summed E-state index contributed by atoms with van der Waals surface area (Å²) in [6.07, 6.45) is 4.48. The normalized spacial score (nSPS) is 20.3. The van der Waals surface area contributed by atoms with Gasteiger partial charge < -0.3 is 10.6 Å². The highest BCUT2D eigenvalue weighted by Gasteiger charge is 2.33. The fourth-order valence-electron chi connectivity index (χ4n) is 3.13. The Bertz CT molecular complexity index is 846. The summed E-state index contributed by atoms with van der Waals surface area (Å²) >= 11 is 6.30. The van der Waals surface area contributed by atoms with Gasteiger partial charge in [0.15, 0.2) is 0 Å². The van der Waals surface area contributed by atoms with Crippen molar-refractivity contribution in [2.75, 3.05) is 6.54 Å². The maximum atomic E-state index is 12.6. The maximum Gasteiger partial charge on any atom is 0.291 e. The number of halogens is 1. The molecule has 0 bridgehead atoms. The number of amides is 2. The third-order valence-corrected chi connectivity index (χ3v) is 5.02. The van der Waals surface area contributed by atoms with Crippen molar-refractivity contribution in [1.29, 1.82) is 0 Å². The summed E-state index contributed by atoms with van der Waals surface area (Å²) in [6.45, 7) is 0.649. The fourth-order valence-corrected chi connectivity index (χ4v) is 3.34. The highest BCUT2D eigenvalue weighted by molar-refractivity contribution is 6.32. The van der Waals surface area contributed by atoms with E-state index >= 15 is 0 Å². The third kappa shape index (κ3) is 3.44. The molecule has 4 rings (SSSR count). The number of carbonyl (C=O) groups is 2. The van der Waals surface area contributed by atoms with E-state index in [1.54, 1.807) is 10.7 Å². The Morgan fingerprint density at radius 1 is 1.23 bits per heavy atom. The van der Waals surface area contributed by atoms with Gasteiger partial charge in [-0.05, 0) is 44.2 Å². The molecule has 8 heteroatoms. The van der Waals surface area contributed by atoms with Gasteiger partial charge in [-0.1, -0.05) is 23.7 Å². The zero-order valence-electron chi connectivity index (χ0n) is 14.2. The molecule has 2 aromatic rings. The van der Waals surface area contributed by atoms with E-state index in [1.807, 2.05) is 18.2 Å². The van der Waals surface area contributed by atoms with Gasteiger partial charge in [-0.15, -0.1) is 5.10 Å². The average Bonchev–Trinajstić information content (AvgIpc) is 3.41. The van der Waals surface area contributed by atoms with E-state index in [2.05, 4.69) is 20.7 Å². The van der Waals surface area contributed by atoms with E-state index in [4.69, 9.17) is 11.6 Å². The first-order chi connectivity index (χ1) is 12.6. The number of para-hydroxylation sites is 1. The predicted octanol–water partition coefficient (Wildman–Crippen LogP) is 2.20. The van der Waals surface area contributed by atoms with Crippen molar-refractivity contribution in [1.82, 2.24) is 25.4 Å². The molecule has 1 unspecified atom stereocenters. The SMILES string of the molecule is O=C(NC1CCCCNC1=O)c1nc(C2CC2)n(-c2ccccc2Cl)n1. The molecule has 1 saturated carbocycles. The number of nitrogens with one attached hydrogen (secondary N) is 2. The van der Waals surface area contributed by atoms with Gasteiger partial charge in [-0.25, -0.2) is 9.67 Å². The van der Waals surface area contributed by atoms with Crippen LogP contribution in [0.25, 0.3) is 5.69 Å². The van der Waals surface area contributed by atoms with Crippen LogP contribution in [0.15, 0.2) is 24.3 Å². The van der Waals surface area contributed by atoms with Gasteiger partial charge in [0.1, 0.15) is 11.9 Å². The van der Waals surface area contributed by atoms with Crippen molar-refractivity contribution >= 4 is 23.4 Å². The Morgan fingerprint density at radius 3 is 2.81 bits per heavy atom. The highest BCUT2D eigenvalue weighted by atomic mass is 35.5. The van der Waals surface area contributed by atoms with Crippen LogP contribution in [0.5, 0.6) is 0 Å². The van der Waals surface area contributed by atoms with Gasteiger partial charge in [-0.3, -0.25) is 9.59 Å². The Balaban J connectivity index is 1.61. The van der Waals surface area contributed by atoms with Crippen LogP contribution in [0.1, 0.15) is 54.5 Å². The number of benzene rings is 1. The van der Waals surface area contributed by atoms with Gasteiger partial charge in [-0.2, -0.15) is 0 Å². The van der Waals surface area contributed by atoms with E-state index in [1.165, 1.54) is 0 Å². The smallest absolute Gasteiger partial charge is 0.291 e. The summed E-state index contributed by atoms with van der Waals surface area (Å²) < 4.78 is 1.65. The summed E-state index contributed by atoms with van der Waals surface area (Å²) in [4.78, 5) is 29.1. The second-order valence-corrected chi connectivity index (χ2v) is 7.15. The van der Waals surface area contributed by atoms with Crippen molar-refractivity contribution in [2.45, 2.75) is 44.1 Å². The van der Waals surface area contributed by atoms with Gasteiger partial charge in [0.2, 0.25) is 11.7 Å². The second kappa shape index (κ2) is 7.07. The molecular weight excluding hydrogens is 354 g/mol. The minimum Gasteiger partial charge on any atom is -0.354 e. The molecule has 2 aliphatic rings. The van der Waals surface area contributed by atoms with Crippen LogP contribution in [-0.2, 0) is 4.79 Å². The second-order valence-electron chi connectivity index (χ2n) is 6.74. The van der Waals surface area contributed by atoms with Crippen LogP contribution in [0.2, 0.25) is 5.02 Å². The molecule has 7 nitrogen and oxygen atoms in total. The first-order valence-corrected chi connectivity index (χ1v) is 9.31. The summed E-state index contributed by atoms with van der Waals surface area (Å²) in [5, 5.41) is 10.5. The lowest BCUT2D eigenvalue weighted by Gasteiger charge is -2.13. The average molecular weight is 374 g/mol. The lowest BCUT2D eigenvalue weighted by molar-refractivity contribution is -0.122. The number of carbonyl (C=O) groups excluding carboxylic acids is 2. The summed E-state index contributed by atoms with van der Waals surface area (Å²) in [7, 11) is 0. The monoisotopic (exact) mass is 373 g/mol. The third-order valence-electron chi connectivity index (χ3n) is 4.70. The minimum atomic E-state index is -0.540. The zero-order valence-corrected chi connectivity index (χ0v) is 15.0. The van der Waals surface area contributed by atoms with E-state index < -0.39 is 11.9 Å². The van der Waals surface area contributed by atoms with Crippen molar-refractivity contribution in [2.24, 2.45) is 0 Å². The molecule has 2 fully saturated rings. The molecule has 1 aromatic carbocycles. The Hall–Kier alpha value is -2.41. The van der Waals surface area contributed by atoms with E-state index in [0.29, 0.717) is 29.6 Å². The molecule has 0 radical (unpaired) electrons. The first-order valence-electron chi connectivity index (χ1n) is 8.94. The number of rotatable bonds is 4. The largest absolute Gasteiger partial charge is 0.354 e. The van der Waals surface area contributed by atoms with Gasteiger partial charge in [0, 0.05) is 12.5 Å². The lowest BCUT2D eigenvalue weighted by atomic mass is 10.1. The van der Waals surface area contributed by atoms with Crippen LogP contribution < -0.4 is 10.6 Å².